The molecule has 3 aromatic rings. The van der Waals surface area contributed by atoms with Gasteiger partial charge >= 0.3 is 0 Å². The first kappa shape index (κ1) is 17.6. The summed E-state index contributed by atoms with van der Waals surface area (Å²) in [5.41, 5.74) is 2.47. The quantitative estimate of drug-likeness (QED) is 0.681. The highest BCUT2D eigenvalue weighted by atomic mass is 32.1. The number of aromatic nitrogens is 3. The molecule has 1 spiro atoms. The van der Waals surface area contributed by atoms with Gasteiger partial charge in [-0.15, -0.1) is 10.2 Å². The summed E-state index contributed by atoms with van der Waals surface area (Å²) >= 11 is 1.74. The Morgan fingerprint density at radius 3 is 2.71 bits per heavy atom. The molecule has 0 N–H and O–H groups in total. The van der Waals surface area contributed by atoms with Gasteiger partial charge < -0.3 is 4.74 Å². The number of benzene rings is 1. The average Bonchev–Trinajstić information content (AvgIpc) is 3.45. The topological polar surface area (TPSA) is 60.3 Å². The molecule has 0 saturated carbocycles. The summed E-state index contributed by atoms with van der Waals surface area (Å²) in [7, 11) is 1.63. The van der Waals surface area contributed by atoms with Crippen molar-refractivity contribution in [2.24, 2.45) is 0 Å². The van der Waals surface area contributed by atoms with Crippen molar-refractivity contribution in [3.63, 3.8) is 0 Å². The van der Waals surface area contributed by atoms with Crippen molar-refractivity contribution in [3.05, 3.63) is 62.8 Å². The van der Waals surface area contributed by atoms with Crippen LogP contribution in [0.2, 0.25) is 0 Å². The minimum absolute atomic E-state index is 0.0386. The molecule has 1 atom stereocenters. The summed E-state index contributed by atoms with van der Waals surface area (Å²) in [5.74, 6) is 1.62. The summed E-state index contributed by atoms with van der Waals surface area (Å²) in [4.78, 5) is 15.6. The molecular weight excluding hydrogens is 372 g/mol. The first-order valence-electron chi connectivity index (χ1n) is 9.54. The predicted octanol–water partition coefficient (Wildman–Crippen LogP) is 2.92. The molecule has 1 fully saturated rings. The lowest BCUT2D eigenvalue weighted by Crippen LogP contribution is -2.33. The van der Waals surface area contributed by atoms with Gasteiger partial charge in [0.05, 0.1) is 7.11 Å². The van der Waals surface area contributed by atoms with Crippen LogP contribution in [0, 0.1) is 0 Å². The summed E-state index contributed by atoms with van der Waals surface area (Å²) < 4.78 is 7.04. The Labute approximate surface area is 167 Å². The fraction of sp³-hybridized carbons (Fsp3) is 0.381. The lowest BCUT2D eigenvalue weighted by atomic mass is 9.85. The summed E-state index contributed by atoms with van der Waals surface area (Å²) in [6, 6.07) is 9.59. The number of nitrogens with zero attached hydrogens (tertiary/aromatic N) is 4. The number of methoxy groups -OCH3 is 1. The number of rotatable bonds is 4. The fourth-order valence-corrected chi connectivity index (χ4v) is 5.17. The third-order valence-electron chi connectivity index (χ3n) is 6.02. The van der Waals surface area contributed by atoms with Crippen LogP contribution in [0.4, 0.5) is 0 Å². The number of hydrogen-bond donors (Lipinski definition) is 0. The molecule has 1 aromatic carbocycles. The highest BCUT2D eigenvalue weighted by Crippen LogP contribution is 2.41. The van der Waals surface area contributed by atoms with Gasteiger partial charge in [-0.05, 0) is 66.0 Å². The van der Waals surface area contributed by atoms with Crippen LogP contribution in [0.15, 0.2) is 45.9 Å². The molecule has 2 aliphatic rings. The van der Waals surface area contributed by atoms with Gasteiger partial charge in [0.1, 0.15) is 11.6 Å². The molecule has 7 heteroatoms. The summed E-state index contributed by atoms with van der Waals surface area (Å²) in [6.45, 7) is 3.66. The van der Waals surface area contributed by atoms with Crippen molar-refractivity contribution in [1.29, 1.82) is 0 Å². The highest BCUT2D eigenvalue weighted by Gasteiger charge is 2.46. The lowest BCUT2D eigenvalue weighted by molar-refractivity contribution is 0.299. The molecule has 28 heavy (non-hydrogen) atoms. The monoisotopic (exact) mass is 394 g/mol. The molecule has 0 aliphatic carbocycles. The van der Waals surface area contributed by atoms with Crippen LogP contribution in [0.1, 0.15) is 24.2 Å². The third kappa shape index (κ3) is 2.86. The zero-order valence-corrected chi connectivity index (χ0v) is 16.6. The molecule has 6 nitrogen and oxygen atoms in total. The largest absolute Gasteiger partial charge is 0.497 e. The van der Waals surface area contributed by atoms with Crippen molar-refractivity contribution in [2.75, 3.05) is 20.2 Å². The Kier molecular flexibility index (Phi) is 4.29. The lowest BCUT2D eigenvalue weighted by Gasteiger charge is -2.23. The van der Waals surface area contributed by atoms with Crippen LogP contribution < -0.4 is 10.3 Å². The van der Waals surface area contributed by atoms with Gasteiger partial charge in [0, 0.05) is 30.6 Å². The van der Waals surface area contributed by atoms with Crippen molar-refractivity contribution in [3.8, 4) is 17.0 Å². The van der Waals surface area contributed by atoms with Crippen molar-refractivity contribution >= 4 is 11.3 Å². The molecule has 1 saturated heterocycles. The molecule has 2 aromatic heterocycles. The number of hydrogen-bond acceptors (Lipinski definition) is 6. The Morgan fingerprint density at radius 2 is 1.96 bits per heavy atom. The minimum atomic E-state index is -0.0411. The second-order valence-corrected chi connectivity index (χ2v) is 8.46. The van der Waals surface area contributed by atoms with E-state index in [2.05, 4.69) is 31.9 Å². The molecule has 1 unspecified atom stereocenters. The number of fused-ring (bicyclic) bond motifs is 2. The molecular formula is C21H22N4O2S. The van der Waals surface area contributed by atoms with E-state index in [1.165, 1.54) is 5.56 Å². The van der Waals surface area contributed by atoms with Crippen LogP contribution in [0.25, 0.3) is 11.3 Å². The van der Waals surface area contributed by atoms with Crippen molar-refractivity contribution < 1.29 is 4.74 Å². The maximum Gasteiger partial charge on any atom is 0.280 e. The maximum atomic E-state index is 13.1. The van der Waals surface area contributed by atoms with E-state index in [9.17, 15) is 4.79 Å². The van der Waals surface area contributed by atoms with E-state index in [1.54, 1.807) is 18.4 Å². The Bertz CT molecular complexity index is 1050. The molecule has 5 rings (SSSR count). The fourth-order valence-electron chi connectivity index (χ4n) is 4.51. The smallest absolute Gasteiger partial charge is 0.280 e. The highest BCUT2D eigenvalue weighted by molar-refractivity contribution is 7.07. The zero-order valence-electron chi connectivity index (χ0n) is 15.8. The SMILES string of the molecule is COc1ccc(-c2nnc3n(c2=O)CCC32CCN(Cc3ccsc3)C2)cc1. The Hall–Kier alpha value is -2.51. The second-order valence-electron chi connectivity index (χ2n) is 7.68. The normalized spacial score (nSPS) is 21.3. The molecule has 144 valence electrons. The van der Waals surface area contributed by atoms with E-state index < -0.39 is 0 Å². The van der Waals surface area contributed by atoms with E-state index in [1.807, 2.05) is 28.8 Å². The molecule has 0 bridgehead atoms. The van der Waals surface area contributed by atoms with E-state index in [4.69, 9.17) is 4.74 Å². The summed E-state index contributed by atoms with van der Waals surface area (Å²) in [6.07, 6.45) is 2.00. The van der Waals surface area contributed by atoms with Gasteiger partial charge in [0.15, 0.2) is 5.69 Å². The Morgan fingerprint density at radius 1 is 1.14 bits per heavy atom. The van der Waals surface area contributed by atoms with Gasteiger partial charge in [-0.3, -0.25) is 14.3 Å². The molecule has 4 heterocycles. The van der Waals surface area contributed by atoms with Crippen LogP contribution in [0.5, 0.6) is 5.75 Å². The third-order valence-corrected chi connectivity index (χ3v) is 6.75. The van der Waals surface area contributed by atoms with E-state index in [0.717, 1.165) is 56.2 Å². The predicted molar refractivity (Wildman–Crippen MR) is 109 cm³/mol. The average molecular weight is 395 g/mol. The second kappa shape index (κ2) is 6.83. The van der Waals surface area contributed by atoms with E-state index >= 15 is 0 Å². The summed E-state index contributed by atoms with van der Waals surface area (Å²) in [5, 5.41) is 13.2. The van der Waals surface area contributed by atoms with E-state index in [-0.39, 0.29) is 11.0 Å². The standard InChI is InChI=1S/C21H22N4O2S/c1-27-17-4-2-16(3-5-17)18-19(26)25-10-8-21(20(25)23-22-18)7-9-24(14-21)12-15-6-11-28-13-15/h2-6,11,13H,7-10,12,14H2,1H3. The van der Waals surface area contributed by atoms with Crippen LogP contribution in [-0.4, -0.2) is 39.9 Å². The van der Waals surface area contributed by atoms with Crippen molar-refractivity contribution in [2.45, 2.75) is 31.3 Å². The first-order valence-corrected chi connectivity index (χ1v) is 10.5. The van der Waals surface area contributed by atoms with Gasteiger partial charge in [-0.2, -0.15) is 11.3 Å². The number of ether oxygens (including phenoxy) is 1. The number of thiophene rings is 1. The minimum Gasteiger partial charge on any atom is -0.497 e. The van der Waals surface area contributed by atoms with Crippen molar-refractivity contribution in [1.82, 2.24) is 19.7 Å². The molecule has 0 radical (unpaired) electrons. The van der Waals surface area contributed by atoms with Gasteiger partial charge in [-0.25, -0.2) is 0 Å². The van der Waals surface area contributed by atoms with Crippen LogP contribution >= 0.6 is 11.3 Å². The van der Waals surface area contributed by atoms with Gasteiger partial charge in [-0.1, -0.05) is 0 Å². The van der Waals surface area contributed by atoms with Crippen LogP contribution in [0.3, 0.4) is 0 Å². The van der Waals surface area contributed by atoms with Crippen LogP contribution in [-0.2, 0) is 18.5 Å². The van der Waals surface area contributed by atoms with E-state index in [0.29, 0.717) is 5.69 Å². The first-order chi connectivity index (χ1) is 13.7. The number of likely N-dealkylation sites (tertiary alicyclic amines) is 1. The zero-order chi connectivity index (χ0) is 19.1. The molecule has 0 amide bonds. The molecule has 2 aliphatic heterocycles. The Balaban J connectivity index is 1.43. The maximum absolute atomic E-state index is 13.1. The van der Waals surface area contributed by atoms with Gasteiger partial charge in [0.25, 0.3) is 5.56 Å². The van der Waals surface area contributed by atoms with Gasteiger partial charge in [0.2, 0.25) is 0 Å².